The highest BCUT2D eigenvalue weighted by Crippen LogP contribution is 2.26. The number of non-ortho nitro benzene ring substituents is 2. The van der Waals surface area contributed by atoms with Crippen LogP contribution in [-0.4, -0.2) is 21.5 Å². The van der Waals surface area contributed by atoms with Gasteiger partial charge in [-0.05, 0) is 18.2 Å². The Balaban J connectivity index is 1.99. The molecule has 0 aromatic heterocycles. The molecular formula is C20H12ClN3O6. The maximum Gasteiger partial charge on any atom is 0.277 e. The van der Waals surface area contributed by atoms with Crippen molar-refractivity contribution >= 4 is 40.4 Å². The van der Waals surface area contributed by atoms with Crippen LogP contribution in [0.5, 0.6) is 0 Å². The lowest BCUT2D eigenvalue weighted by atomic mass is 10.0. The topological polar surface area (TPSA) is 132 Å². The summed E-state index contributed by atoms with van der Waals surface area (Å²) in [5.41, 5.74) is -0.948. The summed E-state index contributed by atoms with van der Waals surface area (Å²) in [7, 11) is 0. The van der Waals surface area contributed by atoms with Gasteiger partial charge in [0.2, 0.25) is 0 Å². The predicted octanol–water partition coefficient (Wildman–Crippen LogP) is 4.64. The number of amides is 1. The van der Waals surface area contributed by atoms with Crippen LogP contribution < -0.4 is 5.32 Å². The summed E-state index contributed by atoms with van der Waals surface area (Å²) in [6.07, 6.45) is 0. The number of halogens is 1. The molecule has 0 heterocycles. The molecular weight excluding hydrogens is 414 g/mol. The lowest BCUT2D eigenvalue weighted by Crippen LogP contribution is -2.16. The second-order valence-electron chi connectivity index (χ2n) is 6.09. The van der Waals surface area contributed by atoms with E-state index in [1.165, 1.54) is 18.2 Å². The van der Waals surface area contributed by atoms with Gasteiger partial charge in [0.1, 0.15) is 0 Å². The number of ketones is 1. The second kappa shape index (κ2) is 8.50. The summed E-state index contributed by atoms with van der Waals surface area (Å²) in [5.74, 6) is -1.26. The Kier molecular flexibility index (Phi) is 5.84. The van der Waals surface area contributed by atoms with E-state index in [1.54, 1.807) is 30.3 Å². The van der Waals surface area contributed by atoms with Crippen LogP contribution in [0.4, 0.5) is 17.1 Å². The van der Waals surface area contributed by atoms with E-state index < -0.39 is 32.9 Å². The highest BCUT2D eigenvalue weighted by Gasteiger charge is 2.22. The fraction of sp³-hybridized carbons (Fsp3) is 0. The maximum atomic E-state index is 12.8. The molecule has 1 N–H and O–H groups in total. The van der Waals surface area contributed by atoms with Crippen molar-refractivity contribution in [3.63, 3.8) is 0 Å². The van der Waals surface area contributed by atoms with E-state index in [1.807, 2.05) is 0 Å². The zero-order valence-electron chi connectivity index (χ0n) is 15.1. The molecule has 3 rings (SSSR count). The highest BCUT2D eigenvalue weighted by atomic mass is 35.5. The fourth-order valence-corrected chi connectivity index (χ4v) is 2.86. The van der Waals surface area contributed by atoms with Gasteiger partial charge < -0.3 is 5.32 Å². The first-order chi connectivity index (χ1) is 14.3. The Morgan fingerprint density at radius 2 is 1.40 bits per heavy atom. The van der Waals surface area contributed by atoms with E-state index in [0.717, 1.165) is 18.2 Å². The molecule has 0 atom stereocenters. The summed E-state index contributed by atoms with van der Waals surface area (Å²) >= 11 is 6.00. The summed E-state index contributed by atoms with van der Waals surface area (Å²) in [5, 5.41) is 24.8. The van der Waals surface area contributed by atoms with Crippen molar-refractivity contribution in [2.75, 3.05) is 5.32 Å². The van der Waals surface area contributed by atoms with Gasteiger partial charge in [0.05, 0.1) is 27.2 Å². The zero-order chi connectivity index (χ0) is 21.8. The summed E-state index contributed by atoms with van der Waals surface area (Å²) in [4.78, 5) is 45.9. The maximum absolute atomic E-state index is 12.8. The molecule has 150 valence electrons. The van der Waals surface area contributed by atoms with Crippen molar-refractivity contribution in [2.45, 2.75) is 0 Å². The van der Waals surface area contributed by atoms with Gasteiger partial charge in [-0.15, -0.1) is 0 Å². The Bertz CT molecular complexity index is 1150. The number of anilines is 1. The molecule has 0 radical (unpaired) electrons. The lowest BCUT2D eigenvalue weighted by molar-refractivity contribution is -0.394. The van der Waals surface area contributed by atoms with Crippen molar-refractivity contribution in [3.05, 3.63) is 109 Å². The van der Waals surface area contributed by atoms with E-state index >= 15 is 0 Å². The minimum atomic E-state index is -0.855. The minimum Gasteiger partial charge on any atom is -0.321 e. The first kappa shape index (κ1) is 20.6. The molecule has 3 aromatic rings. The van der Waals surface area contributed by atoms with Gasteiger partial charge in [0.15, 0.2) is 5.78 Å². The lowest BCUT2D eigenvalue weighted by Gasteiger charge is -2.11. The van der Waals surface area contributed by atoms with Crippen molar-refractivity contribution in [3.8, 4) is 0 Å². The number of carbonyl (C=O) groups excluding carboxylic acids is 2. The van der Waals surface area contributed by atoms with Crippen molar-refractivity contribution in [1.82, 2.24) is 0 Å². The van der Waals surface area contributed by atoms with Crippen LogP contribution in [0.2, 0.25) is 5.02 Å². The summed E-state index contributed by atoms with van der Waals surface area (Å²) in [6.45, 7) is 0. The number of carbonyl (C=O) groups is 2. The molecule has 0 spiro atoms. The standard InChI is InChI=1S/C20H12ClN3O6/c21-14-6-7-18(17(10-14)19(25)12-4-2-1-3-5-12)22-20(26)13-8-15(23(27)28)11-16(9-13)24(29)30/h1-11H,(H,22,26). The Morgan fingerprint density at radius 1 is 0.800 bits per heavy atom. The molecule has 0 aliphatic rings. The monoisotopic (exact) mass is 425 g/mol. The van der Waals surface area contributed by atoms with E-state index in [2.05, 4.69) is 5.32 Å². The molecule has 0 aliphatic carbocycles. The molecule has 9 nitrogen and oxygen atoms in total. The molecule has 1 amide bonds. The Morgan fingerprint density at radius 3 is 1.97 bits per heavy atom. The first-order valence-electron chi connectivity index (χ1n) is 8.41. The number of nitro groups is 2. The molecule has 0 aliphatic heterocycles. The van der Waals surface area contributed by atoms with E-state index in [0.29, 0.717) is 5.56 Å². The van der Waals surface area contributed by atoms with Crippen molar-refractivity contribution in [2.24, 2.45) is 0 Å². The van der Waals surface area contributed by atoms with Gasteiger partial charge in [-0.3, -0.25) is 29.8 Å². The van der Waals surface area contributed by atoms with Crippen LogP contribution in [0.25, 0.3) is 0 Å². The number of hydrogen-bond donors (Lipinski definition) is 1. The van der Waals surface area contributed by atoms with Crippen LogP contribution in [-0.2, 0) is 0 Å². The molecule has 3 aromatic carbocycles. The van der Waals surface area contributed by atoms with Crippen LogP contribution in [0, 0.1) is 20.2 Å². The van der Waals surface area contributed by atoms with Crippen molar-refractivity contribution < 1.29 is 19.4 Å². The molecule has 10 heteroatoms. The Labute approximate surface area is 174 Å². The molecule has 0 saturated carbocycles. The zero-order valence-corrected chi connectivity index (χ0v) is 15.8. The third-order valence-corrected chi connectivity index (χ3v) is 4.33. The number of nitro benzene ring substituents is 2. The smallest absolute Gasteiger partial charge is 0.277 e. The van der Waals surface area contributed by atoms with E-state index in [9.17, 15) is 29.8 Å². The normalized spacial score (nSPS) is 10.3. The van der Waals surface area contributed by atoms with Crippen LogP contribution in [0.3, 0.4) is 0 Å². The molecule has 30 heavy (non-hydrogen) atoms. The number of benzene rings is 3. The molecule has 0 fully saturated rings. The third-order valence-electron chi connectivity index (χ3n) is 4.10. The van der Waals surface area contributed by atoms with E-state index in [-0.39, 0.29) is 21.8 Å². The van der Waals surface area contributed by atoms with Gasteiger partial charge in [-0.1, -0.05) is 41.9 Å². The number of rotatable bonds is 6. The molecule has 0 bridgehead atoms. The third kappa shape index (κ3) is 4.47. The minimum absolute atomic E-state index is 0.0991. The van der Waals surface area contributed by atoms with Crippen molar-refractivity contribution in [1.29, 1.82) is 0 Å². The SMILES string of the molecule is O=C(Nc1ccc(Cl)cc1C(=O)c1ccccc1)c1cc([N+](=O)[O-])cc([N+](=O)[O-])c1. The second-order valence-corrected chi connectivity index (χ2v) is 6.53. The highest BCUT2D eigenvalue weighted by molar-refractivity contribution is 6.31. The van der Waals surface area contributed by atoms with Crippen LogP contribution in [0.15, 0.2) is 66.7 Å². The molecule has 0 saturated heterocycles. The summed E-state index contributed by atoms with van der Waals surface area (Å²) < 4.78 is 0. The van der Waals surface area contributed by atoms with Gasteiger partial charge in [-0.2, -0.15) is 0 Å². The van der Waals surface area contributed by atoms with Gasteiger partial charge >= 0.3 is 0 Å². The van der Waals surface area contributed by atoms with Gasteiger partial charge in [0, 0.05) is 28.3 Å². The van der Waals surface area contributed by atoms with Crippen LogP contribution in [0.1, 0.15) is 26.3 Å². The van der Waals surface area contributed by atoms with Crippen LogP contribution >= 0.6 is 11.6 Å². The Hall–Kier alpha value is -4.11. The first-order valence-corrected chi connectivity index (χ1v) is 8.78. The number of nitrogens with one attached hydrogen (secondary N) is 1. The van der Waals surface area contributed by atoms with Gasteiger partial charge in [-0.25, -0.2) is 0 Å². The average Bonchev–Trinajstić information content (AvgIpc) is 2.74. The van der Waals surface area contributed by atoms with E-state index in [4.69, 9.17) is 11.6 Å². The summed E-state index contributed by atoms with van der Waals surface area (Å²) in [6, 6.07) is 15.1. The molecule has 0 unspecified atom stereocenters. The fourth-order valence-electron chi connectivity index (χ4n) is 2.69. The average molecular weight is 426 g/mol. The predicted molar refractivity (Wildman–Crippen MR) is 109 cm³/mol. The quantitative estimate of drug-likeness (QED) is 0.347. The number of nitrogens with zero attached hydrogens (tertiary/aromatic N) is 2. The largest absolute Gasteiger partial charge is 0.321 e. The number of hydrogen-bond acceptors (Lipinski definition) is 6. The van der Waals surface area contributed by atoms with Gasteiger partial charge in [0.25, 0.3) is 17.3 Å².